The van der Waals surface area contributed by atoms with Gasteiger partial charge < -0.3 is 20.2 Å². The zero-order valence-electron chi connectivity index (χ0n) is 9.45. The van der Waals surface area contributed by atoms with Crippen molar-refractivity contribution < 1.29 is 9.47 Å². The molecule has 0 spiro atoms. The minimum atomic E-state index is 0.352. The monoisotopic (exact) mass is 297 g/mol. The second-order valence-corrected chi connectivity index (χ2v) is 4.14. The van der Waals surface area contributed by atoms with E-state index in [0.717, 1.165) is 15.9 Å². The number of hydrogen-bond donors (Lipinski definition) is 2. The zero-order valence-corrected chi connectivity index (χ0v) is 11.0. The number of aromatic nitrogens is 2. The summed E-state index contributed by atoms with van der Waals surface area (Å²) in [6.07, 6.45) is 0. The van der Waals surface area contributed by atoms with Gasteiger partial charge in [-0.05, 0) is 28.1 Å². The first-order valence-corrected chi connectivity index (χ1v) is 5.68. The van der Waals surface area contributed by atoms with Gasteiger partial charge in [0.25, 0.3) is 0 Å². The van der Waals surface area contributed by atoms with E-state index >= 15 is 0 Å². The average molecular weight is 298 g/mol. The molecule has 17 heavy (non-hydrogen) atoms. The number of nitrogens with one attached hydrogen (secondary N) is 1. The number of H-pyrrole nitrogens is 1. The highest BCUT2D eigenvalue weighted by molar-refractivity contribution is 9.10. The molecule has 0 saturated carbocycles. The fourth-order valence-electron chi connectivity index (χ4n) is 1.54. The minimum absolute atomic E-state index is 0.352. The Morgan fingerprint density at radius 2 is 2.06 bits per heavy atom. The molecule has 1 aromatic carbocycles. The lowest BCUT2D eigenvalue weighted by atomic mass is 10.1. The molecule has 3 N–H and O–H groups in total. The smallest absolute Gasteiger partial charge is 0.198 e. The van der Waals surface area contributed by atoms with Crippen molar-refractivity contribution in [2.45, 2.75) is 0 Å². The number of nitrogens with two attached hydrogens (primary N) is 1. The largest absolute Gasteiger partial charge is 0.497 e. The molecule has 0 aliphatic carbocycles. The summed E-state index contributed by atoms with van der Waals surface area (Å²) in [6, 6.07) is 5.51. The summed E-state index contributed by atoms with van der Waals surface area (Å²) >= 11 is 3.37. The number of nitrogen functional groups attached to an aromatic ring is 1. The van der Waals surface area contributed by atoms with E-state index in [1.807, 2.05) is 12.1 Å². The van der Waals surface area contributed by atoms with Crippen molar-refractivity contribution in [3.05, 3.63) is 22.8 Å². The highest BCUT2D eigenvalue weighted by Crippen LogP contribution is 2.36. The Morgan fingerprint density at radius 3 is 2.59 bits per heavy atom. The Bertz CT molecular complexity index is 540. The van der Waals surface area contributed by atoms with Crippen LogP contribution in [0.3, 0.4) is 0 Å². The highest BCUT2D eigenvalue weighted by atomic mass is 79.9. The summed E-state index contributed by atoms with van der Waals surface area (Å²) in [5.74, 6) is 1.76. The van der Waals surface area contributed by atoms with Crippen LogP contribution in [-0.4, -0.2) is 24.2 Å². The van der Waals surface area contributed by atoms with Gasteiger partial charge in [-0.1, -0.05) is 0 Å². The van der Waals surface area contributed by atoms with E-state index in [4.69, 9.17) is 15.2 Å². The molecular weight excluding hydrogens is 286 g/mol. The molecule has 0 unspecified atom stereocenters. The number of nitrogens with zero attached hydrogens (tertiary/aromatic N) is 1. The summed E-state index contributed by atoms with van der Waals surface area (Å²) in [6.45, 7) is 0. The second kappa shape index (κ2) is 4.67. The van der Waals surface area contributed by atoms with E-state index in [0.29, 0.717) is 17.4 Å². The first kappa shape index (κ1) is 11.8. The van der Waals surface area contributed by atoms with Crippen molar-refractivity contribution in [1.29, 1.82) is 0 Å². The summed E-state index contributed by atoms with van der Waals surface area (Å²) < 4.78 is 11.2. The van der Waals surface area contributed by atoms with Crippen LogP contribution in [-0.2, 0) is 0 Å². The summed E-state index contributed by atoms with van der Waals surface area (Å²) in [5.41, 5.74) is 7.15. The first-order valence-electron chi connectivity index (χ1n) is 4.89. The molecule has 5 nitrogen and oxygen atoms in total. The lowest BCUT2D eigenvalue weighted by Crippen LogP contribution is -1.91. The van der Waals surface area contributed by atoms with Crippen LogP contribution >= 0.6 is 15.9 Å². The van der Waals surface area contributed by atoms with Gasteiger partial charge in [0.15, 0.2) is 5.95 Å². The Kier molecular flexibility index (Phi) is 3.23. The molecule has 0 saturated heterocycles. The highest BCUT2D eigenvalue weighted by Gasteiger charge is 2.14. The van der Waals surface area contributed by atoms with Gasteiger partial charge in [-0.2, -0.15) is 0 Å². The number of anilines is 1. The Morgan fingerprint density at radius 1 is 1.29 bits per heavy atom. The van der Waals surface area contributed by atoms with Crippen LogP contribution in [0.2, 0.25) is 0 Å². The normalized spacial score (nSPS) is 10.3. The molecule has 0 bridgehead atoms. The van der Waals surface area contributed by atoms with Gasteiger partial charge in [-0.3, -0.25) is 0 Å². The standard InChI is InChI=1S/C11H12BrN3O2/c1-16-6-3-4-7(8(5-6)17-2)9-10(12)15-11(13)14-9/h3-5H,1-2H3,(H3,13,14,15). The van der Waals surface area contributed by atoms with E-state index in [9.17, 15) is 0 Å². The lowest BCUT2D eigenvalue weighted by molar-refractivity contribution is 0.395. The molecule has 0 atom stereocenters. The van der Waals surface area contributed by atoms with E-state index < -0.39 is 0 Å². The molecule has 1 heterocycles. The van der Waals surface area contributed by atoms with Gasteiger partial charge in [0.05, 0.1) is 14.2 Å². The van der Waals surface area contributed by atoms with Crippen LogP contribution in [0.5, 0.6) is 11.5 Å². The fraction of sp³-hybridized carbons (Fsp3) is 0.182. The van der Waals surface area contributed by atoms with Crippen LogP contribution < -0.4 is 15.2 Å². The van der Waals surface area contributed by atoms with Gasteiger partial charge in [-0.25, -0.2) is 4.98 Å². The Labute approximate surface area is 107 Å². The van der Waals surface area contributed by atoms with Crippen LogP contribution in [0.15, 0.2) is 22.8 Å². The number of imidazole rings is 1. The molecule has 0 aliphatic heterocycles. The van der Waals surface area contributed by atoms with Crippen LogP contribution in [0.4, 0.5) is 5.95 Å². The van der Waals surface area contributed by atoms with Crippen molar-refractivity contribution >= 4 is 21.9 Å². The third kappa shape index (κ3) is 2.21. The summed E-state index contributed by atoms with van der Waals surface area (Å²) in [7, 11) is 3.21. The van der Waals surface area contributed by atoms with Gasteiger partial charge >= 0.3 is 0 Å². The van der Waals surface area contributed by atoms with Gasteiger partial charge in [0.1, 0.15) is 21.8 Å². The molecule has 0 radical (unpaired) electrons. The van der Waals surface area contributed by atoms with Crippen LogP contribution in [0, 0.1) is 0 Å². The minimum Gasteiger partial charge on any atom is -0.497 e. The van der Waals surface area contributed by atoms with E-state index in [1.54, 1.807) is 20.3 Å². The number of ether oxygens (including phenoxy) is 2. The molecule has 2 rings (SSSR count). The molecular formula is C11H12BrN3O2. The molecule has 0 aliphatic rings. The summed E-state index contributed by atoms with van der Waals surface area (Å²) in [5, 5.41) is 0. The van der Waals surface area contributed by atoms with E-state index in [1.165, 1.54) is 0 Å². The maximum atomic E-state index is 5.60. The fourth-order valence-corrected chi connectivity index (χ4v) is 2.05. The van der Waals surface area contributed by atoms with Crippen molar-refractivity contribution in [1.82, 2.24) is 9.97 Å². The van der Waals surface area contributed by atoms with E-state index in [2.05, 4.69) is 25.9 Å². The number of aromatic amines is 1. The summed E-state index contributed by atoms with van der Waals surface area (Å²) in [4.78, 5) is 7.08. The third-order valence-electron chi connectivity index (χ3n) is 2.34. The van der Waals surface area contributed by atoms with Crippen molar-refractivity contribution in [2.75, 3.05) is 20.0 Å². The van der Waals surface area contributed by atoms with Crippen molar-refractivity contribution in [3.8, 4) is 22.8 Å². The average Bonchev–Trinajstić information content (AvgIpc) is 2.67. The Hall–Kier alpha value is -1.69. The predicted octanol–water partition coefficient (Wildman–Crippen LogP) is 2.44. The molecule has 1 aromatic heterocycles. The van der Waals surface area contributed by atoms with Crippen LogP contribution in [0.1, 0.15) is 0 Å². The first-order chi connectivity index (χ1) is 8.15. The third-order valence-corrected chi connectivity index (χ3v) is 2.92. The number of methoxy groups -OCH3 is 2. The number of hydrogen-bond acceptors (Lipinski definition) is 4. The molecule has 2 aromatic rings. The maximum absolute atomic E-state index is 5.60. The van der Waals surface area contributed by atoms with Gasteiger partial charge in [-0.15, -0.1) is 0 Å². The quantitative estimate of drug-likeness (QED) is 0.913. The number of benzene rings is 1. The van der Waals surface area contributed by atoms with Crippen LogP contribution in [0.25, 0.3) is 11.3 Å². The van der Waals surface area contributed by atoms with Crippen molar-refractivity contribution in [3.63, 3.8) is 0 Å². The second-order valence-electron chi connectivity index (χ2n) is 3.35. The van der Waals surface area contributed by atoms with Gasteiger partial charge in [0.2, 0.25) is 0 Å². The number of rotatable bonds is 3. The SMILES string of the molecule is COc1ccc(-c2nc(N)[nH]c2Br)c(OC)c1. The van der Waals surface area contributed by atoms with Crippen molar-refractivity contribution in [2.24, 2.45) is 0 Å². The van der Waals surface area contributed by atoms with Gasteiger partial charge in [0, 0.05) is 11.6 Å². The molecule has 90 valence electrons. The predicted molar refractivity (Wildman–Crippen MR) is 69.2 cm³/mol. The maximum Gasteiger partial charge on any atom is 0.198 e. The Balaban J connectivity index is 2.55. The lowest BCUT2D eigenvalue weighted by Gasteiger charge is -2.08. The topological polar surface area (TPSA) is 73.2 Å². The zero-order chi connectivity index (χ0) is 12.4. The molecule has 6 heteroatoms. The van der Waals surface area contributed by atoms with E-state index in [-0.39, 0.29) is 0 Å². The molecule has 0 amide bonds. The molecule has 0 fully saturated rings. The number of halogens is 1.